The van der Waals surface area contributed by atoms with E-state index >= 15 is 0 Å². The van der Waals surface area contributed by atoms with Gasteiger partial charge in [0, 0.05) is 10.9 Å². The molecule has 0 radical (unpaired) electrons. The molecule has 5 heteroatoms. The zero-order chi connectivity index (χ0) is 10.1. The number of benzene rings is 1. The molecule has 1 saturated heterocycles. The minimum Gasteiger partial charge on any atom is -0.236 e. The Hall–Kier alpha value is 0.0300. The van der Waals surface area contributed by atoms with Crippen LogP contribution in [0, 0.1) is 5.82 Å². The first-order valence-corrected chi connectivity index (χ1v) is 5.70. The predicted molar refractivity (Wildman–Crippen MR) is 56.2 cm³/mol. The molecule has 1 heterocycles. The van der Waals surface area contributed by atoms with Crippen LogP contribution < -0.4 is 0 Å². The highest BCUT2D eigenvalue weighted by molar-refractivity contribution is 9.13. The summed E-state index contributed by atoms with van der Waals surface area (Å²) in [5, 5.41) is 0. The summed E-state index contributed by atoms with van der Waals surface area (Å²) in [5.41, 5.74) is 0.899. The first-order valence-electron chi connectivity index (χ1n) is 4.12. The number of hydrogen-bond donors (Lipinski definition) is 0. The Bertz CT molecular complexity index is 351. The van der Waals surface area contributed by atoms with Crippen molar-refractivity contribution >= 4 is 31.9 Å². The van der Waals surface area contributed by atoms with Crippen LogP contribution >= 0.6 is 31.9 Å². The third-order valence-electron chi connectivity index (χ3n) is 2.06. The van der Waals surface area contributed by atoms with Crippen LogP contribution in [-0.4, -0.2) is 6.61 Å². The molecule has 0 amide bonds. The van der Waals surface area contributed by atoms with Crippen molar-refractivity contribution in [2.24, 2.45) is 0 Å². The van der Waals surface area contributed by atoms with Crippen molar-refractivity contribution in [2.75, 3.05) is 6.61 Å². The Balaban J connectivity index is 2.38. The molecule has 0 aliphatic carbocycles. The largest absolute Gasteiger partial charge is 0.236 e. The van der Waals surface area contributed by atoms with Gasteiger partial charge in [-0.15, -0.1) is 0 Å². The number of hydrogen-bond acceptors (Lipinski definition) is 2. The Labute approximate surface area is 97.6 Å². The average Bonchev–Trinajstić information content (AvgIpc) is 2.67. The van der Waals surface area contributed by atoms with E-state index in [0.29, 0.717) is 15.6 Å². The normalized spacial score (nSPS) is 21.5. The minimum absolute atomic E-state index is 0.110. The Morgan fingerprint density at radius 2 is 2.07 bits per heavy atom. The molecule has 2 rings (SSSR count). The lowest BCUT2D eigenvalue weighted by Crippen LogP contribution is -1.98. The molecule has 0 saturated carbocycles. The maximum absolute atomic E-state index is 13.1. The van der Waals surface area contributed by atoms with Crippen LogP contribution in [0.4, 0.5) is 4.39 Å². The summed E-state index contributed by atoms with van der Waals surface area (Å²) in [7, 11) is 0. The summed E-state index contributed by atoms with van der Waals surface area (Å²) >= 11 is 6.48. The lowest BCUT2D eigenvalue weighted by Gasteiger charge is -2.11. The maximum atomic E-state index is 13.1. The molecular formula is C9H7Br2FO2. The van der Waals surface area contributed by atoms with E-state index in [1.54, 1.807) is 6.07 Å². The second-order valence-electron chi connectivity index (χ2n) is 2.96. The third-order valence-corrected chi connectivity index (χ3v) is 4.22. The quantitative estimate of drug-likeness (QED) is 0.578. The zero-order valence-corrected chi connectivity index (χ0v) is 10.3. The number of halogens is 3. The topological polar surface area (TPSA) is 18.5 Å². The molecule has 1 fully saturated rings. The summed E-state index contributed by atoms with van der Waals surface area (Å²) in [6.07, 6.45) is 0.678. The maximum Gasteiger partial charge on any atom is 0.138 e. The van der Waals surface area contributed by atoms with E-state index in [1.165, 1.54) is 6.07 Å². The summed E-state index contributed by atoms with van der Waals surface area (Å²) in [5.74, 6) is -0.292. The molecule has 14 heavy (non-hydrogen) atoms. The fourth-order valence-corrected chi connectivity index (χ4v) is 2.27. The van der Waals surface area contributed by atoms with Crippen molar-refractivity contribution in [3.8, 4) is 0 Å². The summed E-state index contributed by atoms with van der Waals surface area (Å²) in [4.78, 5) is 9.85. The van der Waals surface area contributed by atoms with Crippen molar-refractivity contribution < 1.29 is 14.2 Å². The fraction of sp³-hybridized carbons (Fsp3) is 0.333. The van der Waals surface area contributed by atoms with Gasteiger partial charge in [-0.25, -0.2) is 14.2 Å². The van der Waals surface area contributed by atoms with Gasteiger partial charge in [0.2, 0.25) is 0 Å². The molecule has 1 atom stereocenters. The van der Waals surface area contributed by atoms with Gasteiger partial charge in [-0.2, -0.15) is 0 Å². The van der Waals surface area contributed by atoms with Gasteiger partial charge in [0.05, 0.1) is 11.1 Å². The van der Waals surface area contributed by atoms with E-state index < -0.39 is 0 Å². The van der Waals surface area contributed by atoms with Crippen LogP contribution in [-0.2, 0) is 9.78 Å². The van der Waals surface area contributed by atoms with Gasteiger partial charge in [-0.1, -0.05) is 6.07 Å². The van der Waals surface area contributed by atoms with Crippen LogP contribution in [0.1, 0.15) is 18.1 Å². The molecule has 0 bridgehead atoms. The van der Waals surface area contributed by atoms with Crippen LogP contribution in [0.15, 0.2) is 21.1 Å². The van der Waals surface area contributed by atoms with Crippen LogP contribution in [0.5, 0.6) is 0 Å². The van der Waals surface area contributed by atoms with Crippen molar-refractivity contribution in [3.63, 3.8) is 0 Å². The van der Waals surface area contributed by atoms with Gasteiger partial charge in [-0.05, 0) is 43.5 Å². The monoisotopic (exact) mass is 324 g/mol. The van der Waals surface area contributed by atoms with Gasteiger partial charge >= 0.3 is 0 Å². The van der Waals surface area contributed by atoms with E-state index in [0.717, 1.165) is 12.0 Å². The first kappa shape index (κ1) is 10.5. The van der Waals surface area contributed by atoms with E-state index in [-0.39, 0.29) is 11.9 Å². The molecule has 0 spiro atoms. The van der Waals surface area contributed by atoms with E-state index in [9.17, 15) is 4.39 Å². The Morgan fingerprint density at radius 1 is 1.29 bits per heavy atom. The van der Waals surface area contributed by atoms with Crippen molar-refractivity contribution in [1.29, 1.82) is 0 Å². The van der Waals surface area contributed by atoms with Crippen LogP contribution in [0.3, 0.4) is 0 Å². The van der Waals surface area contributed by atoms with E-state index in [4.69, 9.17) is 9.78 Å². The zero-order valence-electron chi connectivity index (χ0n) is 7.10. The van der Waals surface area contributed by atoms with Gasteiger partial charge in [0.25, 0.3) is 0 Å². The molecule has 0 aromatic heterocycles. The Morgan fingerprint density at radius 3 is 2.71 bits per heavy atom. The highest BCUT2D eigenvalue weighted by atomic mass is 79.9. The van der Waals surface area contributed by atoms with Crippen molar-refractivity contribution in [3.05, 3.63) is 32.5 Å². The van der Waals surface area contributed by atoms with Crippen LogP contribution in [0.2, 0.25) is 0 Å². The minimum atomic E-state index is -0.292. The molecule has 2 nitrogen and oxygen atoms in total. The van der Waals surface area contributed by atoms with Gasteiger partial charge in [-0.3, -0.25) is 0 Å². The van der Waals surface area contributed by atoms with Crippen molar-refractivity contribution in [1.82, 2.24) is 0 Å². The fourth-order valence-electron chi connectivity index (χ4n) is 1.33. The summed E-state index contributed by atoms with van der Waals surface area (Å²) < 4.78 is 14.2. The highest BCUT2D eigenvalue weighted by Gasteiger charge is 2.23. The predicted octanol–water partition coefficient (Wildman–Crippen LogP) is 3.74. The first-order chi connectivity index (χ1) is 6.70. The SMILES string of the molecule is Fc1ccc(C2CCOO2)c(Br)c1Br. The Kier molecular flexibility index (Phi) is 3.21. The highest BCUT2D eigenvalue weighted by Crippen LogP contribution is 2.37. The second kappa shape index (κ2) is 4.26. The van der Waals surface area contributed by atoms with Crippen molar-refractivity contribution in [2.45, 2.75) is 12.5 Å². The second-order valence-corrected chi connectivity index (χ2v) is 4.55. The molecule has 1 unspecified atom stereocenters. The van der Waals surface area contributed by atoms with Gasteiger partial charge < -0.3 is 0 Å². The molecule has 1 aliphatic rings. The number of rotatable bonds is 1. The summed E-state index contributed by atoms with van der Waals surface area (Å²) in [6, 6.07) is 3.11. The summed E-state index contributed by atoms with van der Waals surface area (Å²) in [6.45, 7) is 0.575. The van der Waals surface area contributed by atoms with E-state index in [1.807, 2.05) is 0 Å². The molecule has 1 aromatic carbocycles. The van der Waals surface area contributed by atoms with Gasteiger partial charge in [0.15, 0.2) is 0 Å². The van der Waals surface area contributed by atoms with Crippen LogP contribution in [0.25, 0.3) is 0 Å². The molecule has 0 N–H and O–H groups in total. The lowest BCUT2D eigenvalue weighted by atomic mass is 10.1. The van der Waals surface area contributed by atoms with Gasteiger partial charge in [0.1, 0.15) is 11.9 Å². The molecular weight excluding hydrogens is 319 g/mol. The molecule has 76 valence electrons. The molecule has 1 aliphatic heterocycles. The average molecular weight is 326 g/mol. The molecule has 1 aromatic rings. The van der Waals surface area contributed by atoms with E-state index in [2.05, 4.69) is 31.9 Å². The lowest BCUT2D eigenvalue weighted by molar-refractivity contribution is -0.276. The smallest absolute Gasteiger partial charge is 0.138 e. The third kappa shape index (κ3) is 1.86. The standard InChI is InChI=1S/C9H7Br2FO2/c10-8-5(7-3-4-13-14-7)1-2-6(12)9(8)11/h1-2,7H,3-4H2.